The van der Waals surface area contributed by atoms with Crippen molar-refractivity contribution in [2.75, 3.05) is 6.79 Å². The quantitative estimate of drug-likeness (QED) is 0.504. The number of benzene rings is 2. The van der Waals surface area contributed by atoms with Crippen LogP contribution in [0.25, 0.3) is 11.2 Å². The van der Waals surface area contributed by atoms with E-state index < -0.39 is 0 Å². The first-order chi connectivity index (χ1) is 14.3. The van der Waals surface area contributed by atoms with Crippen LogP contribution in [-0.2, 0) is 6.61 Å². The maximum atomic E-state index is 5.98. The monoisotopic (exact) mass is 381 g/mol. The summed E-state index contributed by atoms with van der Waals surface area (Å²) in [5, 5.41) is 0. The molecule has 0 atom stereocenters. The average Bonchev–Trinajstić information content (AvgIpc) is 3.24. The molecule has 0 unspecified atom stereocenters. The van der Waals surface area contributed by atoms with Crippen LogP contribution in [0.5, 0.6) is 17.4 Å². The van der Waals surface area contributed by atoms with E-state index in [1.165, 1.54) is 0 Å². The summed E-state index contributed by atoms with van der Waals surface area (Å²) in [5.41, 5.74) is 3.45. The molecule has 3 heterocycles. The standard InChI is InChI=1S/C23H15N3O3/c1-2-5-16(6-3-1)8-10-19-23(26-18-7-4-12-24-22(18)25-19)27-14-17-9-11-20-21(13-17)29-15-28-20/h1-7,9,11-13H,14-15H2. The molecule has 0 saturated carbocycles. The van der Waals surface area contributed by atoms with Gasteiger partial charge in [0.15, 0.2) is 22.8 Å². The molecule has 1 aliphatic heterocycles. The molecular weight excluding hydrogens is 366 g/mol. The Morgan fingerprint density at radius 2 is 1.79 bits per heavy atom. The second-order valence-corrected chi connectivity index (χ2v) is 6.32. The molecular formula is C23H15N3O3. The van der Waals surface area contributed by atoms with E-state index in [1.54, 1.807) is 6.20 Å². The number of hydrogen-bond acceptors (Lipinski definition) is 6. The first-order valence-electron chi connectivity index (χ1n) is 9.06. The molecule has 0 aliphatic carbocycles. The molecule has 0 fully saturated rings. The van der Waals surface area contributed by atoms with E-state index in [-0.39, 0.29) is 6.79 Å². The zero-order chi connectivity index (χ0) is 19.5. The number of nitrogens with zero attached hydrogens (tertiary/aromatic N) is 3. The predicted octanol–water partition coefficient (Wildman–Crippen LogP) is 3.73. The fourth-order valence-electron chi connectivity index (χ4n) is 2.90. The van der Waals surface area contributed by atoms with Gasteiger partial charge in [-0.25, -0.2) is 15.0 Å². The number of rotatable bonds is 3. The summed E-state index contributed by atoms with van der Waals surface area (Å²) in [6.07, 6.45) is 1.68. The van der Waals surface area contributed by atoms with Crippen molar-refractivity contribution in [3.8, 4) is 29.2 Å². The van der Waals surface area contributed by atoms with Crippen molar-refractivity contribution in [1.82, 2.24) is 15.0 Å². The van der Waals surface area contributed by atoms with Gasteiger partial charge in [0.2, 0.25) is 12.7 Å². The Balaban J connectivity index is 1.47. The summed E-state index contributed by atoms with van der Waals surface area (Å²) in [6.45, 7) is 0.541. The van der Waals surface area contributed by atoms with Crippen LogP contribution in [0.4, 0.5) is 0 Å². The van der Waals surface area contributed by atoms with Gasteiger partial charge in [0.1, 0.15) is 12.1 Å². The Morgan fingerprint density at radius 3 is 2.72 bits per heavy atom. The predicted molar refractivity (Wildman–Crippen MR) is 107 cm³/mol. The number of hydrogen-bond donors (Lipinski definition) is 0. The summed E-state index contributed by atoms with van der Waals surface area (Å²) >= 11 is 0. The Morgan fingerprint density at radius 1 is 0.897 bits per heavy atom. The highest BCUT2D eigenvalue weighted by atomic mass is 16.7. The van der Waals surface area contributed by atoms with Gasteiger partial charge in [0, 0.05) is 11.8 Å². The van der Waals surface area contributed by atoms with Crippen LogP contribution in [0, 0.1) is 11.8 Å². The number of fused-ring (bicyclic) bond motifs is 2. The second-order valence-electron chi connectivity index (χ2n) is 6.32. The molecule has 0 N–H and O–H groups in total. The van der Waals surface area contributed by atoms with Crippen molar-refractivity contribution < 1.29 is 14.2 Å². The molecule has 0 saturated heterocycles. The Bertz CT molecular complexity index is 1250. The average molecular weight is 381 g/mol. The largest absolute Gasteiger partial charge is 0.471 e. The Labute approximate surface area is 167 Å². The maximum absolute atomic E-state index is 5.98. The molecule has 6 heteroatoms. The van der Waals surface area contributed by atoms with Crippen molar-refractivity contribution in [2.24, 2.45) is 0 Å². The molecule has 0 spiro atoms. The fourth-order valence-corrected chi connectivity index (χ4v) is 2.90. The van der Waals surface area contributed by atoms with Gasteiger partial charge in [-0.3, -0.25) is 0 Å². The van der Waals surface area contributed by atoms with Gasteiger partial charge in [-0.05, 0) is 47.9 Å². The first kappa shape index (κ1) is 17.0. The number of ether oxygens (including phenoxy) is 3. The molecule has 0 amide bonds. The summed E-state index contributed by atoms with van der Waals surface area (Å²) in [7, 11) is 0. The molecule has 140 valence electrons. The summed E-state index contributed by atoms with van der Waals surface area (Å²) in [4.78, 5) is 13.4. The molecule has 0 radical (unpaired) electrons. The summed E-state index contributed by atoms with van der Waals surface area (Å²) < 4.78 is 16.7. The van der Waals surface area contributed by atoms with Gasteiger partial charge >= 0.3 is 0 Å². The van der Waals surface area contributed by atoms with Gasteiger partial charge in [-0.1, -0.05) is 30.2 Å². The van der Waals surface area contributed by atoms with E-state index in [2.05, 4.69) is 26.8 Å². The molecule has 2 aromatic carbocycles. The van der Waals surface area contributed by atoms with Crippen LogP contribution >= 0.6 is 0 Å². The minimum atomic E-state index is 0.238. The van der Waals surface area contributed by atoms with Gasteiger partial charge in [-0.15, -0.1) is 0 Å². The number of pyridine rings is 1. The highest BCUT2D eigenvalue weighted by Gasteiger charge is 2.14. The highest BCUT2D eigenvalue weighted by Crippen LogP contribution is 2.32. The van der Waals surface area contributed by atoms with Crippen molar-refractivity contribution in [2.45, 2.75) is 6.61 Å². The third kappa shape index (κ3) is 3.66. The van der Waals surface area contributed by atoms with E-state index in [0.29, 0.717) is 35.1 Å². The lowest BCUT2D eigenvalue weighted by atomic mass is 10.2. The second kappa shape index (κ2) is 7.49. The minimum Gasteiger partial charge on any atom is -0.471 e. The van der Waals surface area contributed by atoms with Crippen LogP contribution in [0.1, 0.15) is 16.8 Å². The van der Waals surface area contributed by atoms with E-state index in [0.717, 1.165) is 16.9 Å². The van der Waals surface area contributed by atoms with Gasteiger partial charge in [0.25, 0.3) is 0 Å². The van der Waals surface area contributed by atoms with Crippen molar-refractivity contribution in [3.63, 3.8) is 0 Å². The van der Waals surface area contributed by atoms with Crippen LogP contribution in [-0.4, -0.2) is 21.7 Å². The van der Waals surface area contributed by atoms with Crippen LogP contribution < -0.4 is 14.2 Å². The topological polar surface area (TPSA) is 66.4 Å². The lowest BCUT2D eigenvalue weighted by Gasteiger charge is -2.08. The van der Waals surface area contributed by atoms with E-state index >= 15 is 0 Å². The van der Waals surface area contributed by atoms with Crippen LogP contribution in [0.15, 0.2) is 66.9 Å². The Kier molecular flexibility index (Phi) is 4.39. The lowest BCUT2D eigenvalue weighted by Crippen LogP contribution is -2.02. The normalized spacial score (nSPS) is 11.7. The molecule has 2 aromatic heterocycles. The third-order valence-electron chi connectivity index (χ3n) is 4.32. The van der Waals surface area contributed by atoms with E-state index in [9.17, 15) is 0 Å². The molecule has 6 nitrogen and oxygen atoms in total. The van der Waals surface area contributed by atoms with E-state index in [1.807, 2.05) is 60.7 Å². The fraction of sp³-hybridized carbons (Fsp3) is 0.0870. The summed E-state index contributed by atoms with van der Waals surface area (Å²) in [6, 6.07) is 19.1. The van der Waals surface area contributed by atoms with Gasteiger partial charge in [-0.2, -0.15) is 0 Å². The van der Waals surface area contributed by atoms with E-state index in [4.69, 9.17) is 14.2 Å². The zero-order valence-corrected chi connectivity index (χ0v) is 15.3. The van der Waals surface area contributed by atoms with Crippen LogP contribution in [0.3, 0.4) is 0 Å². The first-order valence-corrected chi connectivity index (χ1v) is 9.06. The van der Waals surface area contributed by atoms with Crippen molar-refractivity contribution in [1.29, 1.82) is 0 Å². The van der Waals surface area contributed by atoms with Crippen molar-refractivity contribution in [3.05, 3.63) is 83.7 Å². The number of aromatic nitrogens is 3. The molecule has 1 aliphatic rings. The maximum Gasteiger partial charge on any atom is 0.250 e. The van der Waals surface area contributed by atoms with Gasteiger partial charge in [0.05, 0.1) is 0 Å². The molecule has 29 heavy (non-hydrogen) atoms. The molecule has 5 rings (SSSR count). The summed E-state index contributed by atoms with van der Waals surface area (Å²) in [5.74, 6) is 7.98. The smallest absolute Gasteiger partial charge is 0.250 e. The lowest BCUT2D eigenvalue weighted by molar-refractivity contribution is 0.174. The Hall–Kier alpha value is -4.11. The SMILES string of the molecule is C(#Cc1nc2ncccc2nc1OCc1ccc2c(c1)OCO2)c1ccccc1. The highest BCUT2D eigenvalue weighted by molar-refractivity contribution is 5.71. The zero-order valence-electron chi connectivity index (χ0n) is 15.3. The third-order valence-corrected chi connectivity index (χ3v) is 4.32. The molecule has 0 bridgehead atoms. The van der Waals surface area contributed by atoms with Gasteiger partial charge < -0.3 is 14.2 Å². The van der Waals surface area contributed by atoms with Crippen LogP contribution in [0.2, 0.25) is 0 Å². The minimum absolute atomic E-state index is 0.238. The molecule has 4 aromatic rings. The van der Waals surface area contributed by atoms with Crippen molar-refractivity contribution >= 4 is 11.2 Å².